The molecule has 0 radical (unpaired) electrons. The summed E-state index contributed by atoms with van der Waals surface area (Å²) in [4.78, 5) is 0. The summed E-state index contributed by atoms with van der Waals surface area (Å²) in [5.74, 6) is 0.269. The van der Waals surface area contributed by atoms with Crippen LogP contribution in [0, 0.1) is 11.3 Å². The number of hydrogen-bond acceptors (Lipinski definition) is 3. The Kier molecular flexibility index (Phi) is 2.38. The molecule has 1 heterocycles. The van der Waals surface area contributed by atoms with Crippen LogP contribution in [0.2, 0.25) is 0 Å². The van der Waals surface area contributed by atoms with Crippen molar-refractivity contribution < 1.29 is 17.9 Å². The van der Waals surface area contributed by atoms with Crippen molar-refractivity contribution in [3.8, 4) is 11.8 Å². The van der Waals surface area contributed by atoms with Crippen LogP contribution in [-0.2, 0) is 6.18 Å². The summed E-state index contributed by atoms with van der Waals surface area (Å²) in [6.07, 6.45) is -5.03. The minimum atomic E-state index is -4.37. The highest BCUT2D eigenvalue weighted by Crippen LogP contribution is 2.36. The molecule has 1 aliphatic heterocycles. The number of ether oxygens (including phenoxy) is 1. The first-order valence-electron chi connectivity index (χ1n) is 4.52. The Bertz CT molecular complexity index is 450. The predicted octanol–water partition coefficient (Wildman–Crippen LogP) is 2.40. The number of anilines is 1. The van der Waals surface area contributed by atoms with Crippen LogP contribution >= 0.6 is 0 Å². The average molecular weight is 228 g/mol. The molecule has 1 aromatic carbocycles. The lowest BCUT2D eigenvalue weighted by atomic mass is 10.1. The van der Waals surface area contributed by atoms with Gasteiger partial charge in [0.15, 0.2) is 0 Å². The van der Waals surface area contributed by atoms with E-state index in [2.05, 4.69) is 5.32 Å². The second-order valence-corrected chi connectivity index (χ2v) is 3.33. The summed E-state index contributed by atoms with van der Waals surface area (Å²) < 4.78 is 42.3. The number of rotatable bonds is 0. The van der Waals surface area contributed by atoms with Gasteiger partial charge in [0.2, 0.25) is 6.10 Å². The molecule has 1 N–H and O–H groups in total. The molecule has 0 saturated heterocycles. The third-order valence-electron chi connectivity index (χ3n) is 2.20. The molecule has 1 atom stereocenters. The molecule has 0 aliphatic carbocycles. The van der Waals surface area contributed by atoms with Gasteiger partial charge in [-0.25, -0.2) is 0 Å². The highest BCUT2D eigenvalue weighted by molar-refractivity contribution is 5.60. The molecule has 1 aromatic rings. The van der Waals surface area contributed by atoms with E-state index >= 15 is 0 Å². The maximum absolute atomic E-state index is 12.4. The van der Waals surface area contributed by atoms with Crippen LogP contribution in [0.1, 0.15) is 5.56 Å². The predicted molar refractivity (Wildman–Crippen MR) is 50.0 cm³/mol. The van der Waals surface area contributed by atoms with Gasteiger partial charge in [-0.2, -0.15) is 18.4 Å². The number of nitriles is 1. The molecule has 16 heavy (non-hydrogen) atoms. The van der Waals surface area contributed by atoms with Crippen molar-refractivity contribution in [3.05, 3.63) is 23.8 Å². The summed E-state index contributed by atoms with van der Waals surface area (Å²) in [6.45, 7) is 0.185. The Balaban J connectivity index is 2.33. The molecule has 0 aromatic heterocycles. The minimum absolute atomic E-state index is 0.185. The minimum Gasteiger partial charge on any atom is -0.472 e. The van der Waals surface area contributed by atoms with Gasteiger partial charge in [-0.1, -0.05) is 0 Å². The molecule has 6 heteroatoms. The molecule has 0 fully saturated rings. The number of nitrogens with zero attached hydrogens (tertiary/aromatic N) is 1. The SMILES string of the molecule is N#CC1CNc2cc(C(F)(F)F)ccc2O1. The summed E-state index contributed by atoms with van der Waals surface area (Å²) in [6, 6.07) is 5.01. The maximum atomic E-state index is 12.4. The van der Waals surface area contributed by atoms with Gasteiger partial charge in [0, 0.05) is 0 Å². The van der Waals surface area contributed by atoms with Gasteiger partial charge in [0.05, 0.1) is 17.8 Å². The van der Waals surface area contributed by atoms with Crippen LogP contribution < -0.4 is 10.1 Å². The van der Waals surface area contributed by atoms with Crippen molar-refractivity contribution in [3.63, 3.8) is 0 Å². The van der Waals surface area contributed by atoms with Gasteiger partial charge in [-0.05, 0) is 18.2 Å². The fourth-order valence-corrected chi connectivity index (χ4v) is 1.42. The van der Waals surface area contributed by atoms with Crippen molar-refractivity contribution in [2.75, 3.05) is 11.9 Å². The first-order valence-corrected chi connectivity index (χ1v) is 4.52. The van der Waals surface area contributed by atoms with Gasteiger partial charge in [0.1, 0.15) is 11.8 Å². The Labute approximate surface area is 89.4 Å². The van der Waals surface area contributed by atoms with E-state index in [1.54, 1.807) is 0 Å². The first kappa shape index (κ1) is 10.6. The average Bonchev–Trinajstić information content (AvgIpc) is 2.26. The standard InChI is InChI=1S/C10H7F3N2O/c11-10(12,13)6-1-2-9-8(3-6)15-5-7(4-14)16-9/h1-3,7,15H,5H2. The number of fused-ring (bicyclic) bond motifs is 1. The van der Waals surface area contributed by atoms with E-state index in [9.17, 15) is 13.2 Å². The van der Waals surface area contributed by atoms with Crippen LogP contribution in [0.25, 0.3) is 0 Å². The molecule has 1 aliphatic rings. The third kappa shape index (κ3) is 1.89. The Morgan fingerprint density at radius 1 is 1.44 bits per heavy atom. The molecular weight excluding hydrogens is 221 g/mol. The Morgan fingerprint density at radius 3 is 2.81 bits per heavy atom. The van der Waals surface area contributed by atoms with E-state index in [1.807, 2.05) is 6.07 Å². The largest absolute Gasteiger partial charge is 0.472 e. The number of nitrogens with one attached hydrogen (secondary N) is 1. The summed E-state index contributed by atoms with van der Waals surface area (Å²) >= 11 is 0. The number of hydrogen-bond donors (Lipinski definition) is 1. The second-order valence-electron chi connectivity index (χ2n) is 3.33. The molecule has 3 nitrogen and oxygen atoms in total. The zero-order chi connectivity index (χ0) is 11.8. The van der Waals surface area contributed by atoms with Crippen LogP contribution in [0.4, 0.5) is 18.9 Å². The summed E-state index contributed by atoms with van der Waals surface area (Å²) in [5, 5.41) is 11.3. The fourth-order valence-electron chi connectivity index (χ4n) is 1.42. The van der Waals surface area contributed by atoms with E-state index in [0.29, 0.717) is 0 Å². The molecule has 2 rings (SSSR count). The summed E-state index contributed by atoms with van der Waals surface area (Å²) in [7, 11) is 0. The molecular formula is C10H7F3N2O. The number of halogens is 3. The topological polar surface area (TPSA) is 45.0 Å². The van der Waals surface area contributed by atoms with Gasteiger partial charge < -0.3 is 10.1 Å². The van der Waals surface area contributed by atoms with Gasteiger partial charge >= 0.3 is 6.18 Å². The van der Waals surface area contributed by atoms with E-state index in [0.717, 1.165) is 12.1 Å². The fraction of sp³-hybridized carbons (Fsp3) is 0.300. The molecule has 0 bridgehead atoms. The van der Waals surface area contributed by atoms with Gasteiger partial charge in [-0.15, -0.1) is 0 Å². The monoisotopic (exact) mass is 228 g/mol. The third-order valence-corrected chi connectivity index (χ3v) is 2.20. The molecule has 1 unspecified atom stereocenters. The van der Waals surface area contributed by atoms with Crippen molar-refractivity contribution in [2.45, 2.75) is 12.3 Å². The Morgan fingerprint density at radius 2 is 2.19 bits per heavy atom. The maximum Gasteiger partial charge on any atom is 0.416 e. The Hall–Kier alpha value is -1.90. The lowest BCUT2D eigenvalue weighted by Crippen LogP contribution is -2.29. The van der Waals surface area contributed by atoms with E-state index in [4.69, 9.17) is 10.00 Å². The van der Waals surface area contributed by atoms with E-state index in [1.165, 1.54) is 6.07 Å². The van der Waals surface area contributed by atoms with E-state index < -0.39 is 17.8 Å². The van der Waals surface area contributed by atoms with Crippen LogP contribution in [0.3, 0.4) is 0 Å². The lowest BCUT2D eigenvalue weighted by molar-refractivity contribution is -0.137. The molecule has 84 valence electrons. The van der Waals surface area contributed by atoms with Crippen LogP contribution in [0.5, 0.6) is 5.75 Å². The zero-order valence-corrected chi connectivity index (χ0v) is 8.01. The number of alkyl halides is 3. The van der Waals surface area contributed by atoms with Gasteiger partial charge in [0.25, 0.3) is 0 Å². The van der Waals surface area contributed by atoms with Crippen LogP contribution in [0.15, 0.2) is 18.2 Å². The zero-order valence-electron chi connectivity index (χ0n) is 8.01. The highest BCUT2D eigenvalue weighted by Gasteiger charge is 2.32. The van der Waals surface area contributed by atoms with Gasteiger partial charge in [-0.3, -0.25) is 0 Å². The molecule has 0 spiro atoms. The molecule has 0 amide bonds. The first-order chi connectivity index (χ1) is 7.50. The van der Waals surface area contributed by atoms with Crippen molar-refractivity contribution in [1.82, 2.24) is 0 Å². The summed E-state index contributed by atoms with van der Waals surface area (Å²) in [5.41, 5.74) is -0.473. The molecule has 0 saturated carbocycles. The lowest BCUT2D eigenvalue weighted by Gasteiger charge is -2.23. The second kappa shape index (κ2) is 3.59. The van der Waals surface area contributed by atoms with Crippen molar-refractivity contribution in [1.29, 1.82) is 5.26 Å². The van der Waals surface area contributed by atoms with Crippen molar-refractivity contribution >= 4 is 5.69 Å². The smallest absolute Gasteiger partial charge is 0.416 e. The van der Waals surface area contributed by atoms with Crippen LogP contribution in [-0.4, -0.2) is 12.6 Å². The quantitative estimate of drug-likeness (QED) is 0.741. The normalized spacial score (nSPS) is 19.0. The van der Waals surface area contributed by atoms with E-state index in [-0.39, 0.29) is 18.0 Å². The number of benzene rings is 1. The highest BCUT2D eigenvalue weighted by atomic mass is 19.4. The van der Waals surface area contributed by atoms with Crippen molar-refractivity contribution in [2.24, 2.45) is 0 Å².